The standard InChI is InChI=1S/C17H20N2O4S2/c1-4-23-16(22)8-12-9-24-17(18-12)19-15(21)6-5-14(20)13-7-10(2)25-11(13)3/h7,9H,4-6,8H2,1-3H3,(H,18,19,21). The Morgan fingerprint density at radius 2 is 2.00 bits per heavy atom. The first-order valence-corrected chi connectivity index (χ1v) is 9.58. The minimum absolute atomic E-state index is 0.0286. The van der Waals surface area contributed by atoms with Crippen LogP contribution in [0, 0.1) is 13.8 Å². The molecule has 1 N–H and O–H groups in total. The Kier molecular flexibility index (Phi) is 6.83. The Labute approximate surface area is 154 Å². The number of nitrogens with zero attached hydrogens (tertiary/aromatic N) is 1. The molecule has 8 heteroatoms. The number of ether oxygens (including phenoxy) is 1. The molecule has 0 spiro atoms. The number of hydrogen-bond acceptors (Lipinski definition) is 7. The largest absolute Gasteiger partial charge is 0.466 e. The van der Waals surface area contributed by atoms with E-state index in [1.165, 1.54) is 11.3 Å². The van der Waals surface area contributed by atoms with Crippen LogP contribution in [0.3, 0.4) is 0 Å². The van der Waals surface area contributed by atoms with Crippen molar-refractivity contribution < 1.29 is 19.1 Å². The Balaban J connectivity index is 1.82. The van der Waals surface area contributed by atoms with Gasteiger partial charge in [0, 0.05) is 33.5 Å². The highest BCUT2D eigenvalue weighted by Crippen LogP contribution is 2.22. The number of aromatic nitrogens is 1. The second-order valence-corrected chi connectivity index (χ2v) is 7.74. The molecule has 0 saturated carbocycles. The minimum Gasteiger partial charge on any atom is -0.466 e. The highest BCUT2D eigenvalue weighted by Gasteiger charge is 2.15. The summed E-state index contributed by atoms with van der Waals surface area (Å²) < 4.78 is 4.86. The average Bonchev–Trinajstić information content (AvgIpc) is 3.11. The third-order valence-corrected chi connectivity index (χ3v) is 5.12. The van der Waals surface area contributed by atoms with Gasteiger partial charge in [0.05, 0.1) is 18.7 Å². The molecule has 0 atom stereocenters. The summed E-state index contributed by atoms with van der Waals surface area (Å²) in [7, 11) is 0. The number of carbonyl (C=O) groups is 3. The first-order chi connectivity index (χ1) is 11.9. The fraction of sp³-hybridized carbons (Fsp3) is 0.412. The number of nitrogens with one attached hydrogen (secondary N) is 1. The molecule has 0 bridgehead atoms. The normalized spacial score (nSPS) is 10.5. The topological polar surface area (TPSA) is 85.4 Å². The van der Waals surface area contributed by atoms with Gasteiger partial charge in [-0.05, 0) is 26.8 Å². The number of rotatable bonds is 8. The molecule has 2 rings (SSSR count). The highest BCUT2D eigenvalue weighted by atomic mass is 32.1. The second kappa shape index (κ2) is 8.87. The van der Waals surface area contributed by atoms with Crippen LogP contribution in [0.5, 0.6) is 0 Å². The lowest BCUT2D eigenvalue weighted by molar-refractivity contribution is -0.142. The summed E-state index contributed by atoms with van der Waals surface area (Å²) >= 11 is 2.82. The van der Waals surface area contributed by atoms with Crippen molar-refractivity contribution in [2.24, 2.45) is 0 Å². The Morgan fingerprint density at radius 1 is 1.24 bits per heavy atom. The molecule has 134 valence electrons. The summed E-state index contributed by atoms with van der Waals surface area (Å²) in [5, 5.41) is 4.78. The number of amides is 1. The molecule has 0 aliphatic rings. The summed E-state index contributed by atoms with van der Waals surface area (Å²) in [5.74, 6) is -0.646. The molecular formula is C17H20N2O4S2. The van der Waals surface area contributed by atoms with Gasteiger partial charge in [-0.2, -0.15) is 0 Å². The number of carbonyl (C=O) groups excluding carboxylic acids is 3. The lowest BCUT2D eigenvalue weighted by atomic mass is 10.1. The summed E-state index contributed by atoms with van der Waals surface area (Å²) in [4.78, 5) is 41.8. The van der Waals surface area contributed by atoms with Crippen LogP contribution in [0.1, 0.15) is 45.6 Å². The van der Waals surface area contributed by atoms with Crippen LogP contribution in [0.2, 0.25) is 0 Å². The van der Waals surface area contributed by atoms with Crippen LogP contribution in [-0.2, 0) is 20.7 Å². The molecule has 6 nitrogen and oxygen atoms in total. The third-order valence-electron chi connectivity index (χ3n) is 3.35. The van der Waals surface area contributed by atoms with E-state index in [1.54, 1.807) is 23.6 Å². The van der Waals surface area contributed by atoms with Crippen LogP contribution < -0.4 is 5.32 Å². The SMILES string of the molecule is CCOC(=O)Cc1csc(NC(=O)CCC(=O)c2cc(C)sc2C)n1. The number of thiazole rings is 1. The molecular weight excluding hydrogens is 360 g/mol. The van der Waals surface area contributed by atoms with Crippen molar-refractivity contribution in [1.29, 1.82) is 0 Å². The van der Waals surface area contributed by atoms with Crippen molar-refractivity contribution in [2.75, 3.05) is 11.9 Å². The van der Waals surface area contributed by atoms with E-state index in [-0.39, 0.29) is 36.9 Å². The maximum atomic E-state index is 12.2. The Hall–Kier alpha value is -2.06. The molecule has 0 unspecified atom stereocenters. The van der Waals surface area contributed by atoms with Crippen LogP contribution >= 0.6 is 22.7 Å². The molecule has 2 heterocycles. The number of hydrogen-bond donors (Lipinski definition) is 1. The van der Waals surface area contributed by atoms with Crippen LogP contribution in [0.15, 0.2) is 11.4 Å². The van der Waals surface area contributed by atoms with E-state index >= 15 is 0 Å². The van der Waals surface area contributed by atoms with Crippen molar-refractivity contribution in [3.05, 3.63) is 32.5 Å². The number of anilines is 1. The summed E-state index contributed by atoms with van der Waals surface area (Å²) in [6.45, 7) is 5.93. The first-order valence-electron chi connectivity index (χ1n) is 7.89. The van der Waals surface area contributed by atoms with Gasteiger partial charge in [-0.25, -0.2) is 4.98 Å². The van der Waals surface area contributed by atoms with Gasteiger partial charge in [-0.15, -0.1) is 22.7 Å². The van der Waals surface area contributed by atoms with Crippen LogP contribution in [0.25, 0.3) is 0 Å². The van der Waals surface area contributed by atoms with E-state index in [0.29, 0.717) is 23.0 Å². The van der Waals surface area contributed by atoms with Crippen LogP contribution in [-0.4, -0.2) is 29.3 Å². The number of Topliss-reactive ketones (excluding diaryl/α,β-unsaturated/α-hetero) is 1. The summed E-state index contributed by atoms with van der Waals surface area (Å²) in [5.41, 5.74) is 1.25. The van der Waals surface area contributed by atoms with Crippen LogP contribution in [0.4, 0.5) is 5.13 Å². The summed E-state index contributed by atoms with van der Waals surface area (Å²) in [6, 6.07) is 1.86. The van der Waals surface area contributed by atoms with Gasteiger partial charge in [-0.3, -0.25) is 14.4 Å². The molecule has 2 aromatic rings. The van der Waals surface area contributed by atoms with E-state index in [1.807, 2.05) is 19.9 Å². The number of ketones is 1. The van der Waals surface area contributed by atoms with Gasteiger partial charge in [0.2, 0.25) is 5.91 Å². The fourth-order valence-corrected chi connectivity index (χ4v) is 3.93. The Bertz CT molecular complexity index is 779. The lowest BCUT2D eigenvalue weighted by Gasteiger charge is -2.02. The first kappa shape index (κ1) is 19.3. The minimum atomic E-state index is -0.349. The zero-order chi connectivity index (χ0) is 18.4. The lowest BCUT2D eigenvalue weighted by Crippen LogP contribution is -2.14. The molecule has 25 heavy (non-hydrogen) atoms. The van der Waals surface area contributed by atoms with Crippen molar-refractivity contribution in [3.63, 3.8) is 0 Å². The van der Waals surface area contributed by atoms with Gasteiger partial charge in [-0.1, -0.05) is 0 Å². The van der Waals surface area contributed by atoms with Gasteiger partial charge in [0.1, 0.15) is 0 Å². The molecule has 0 radical (unpaired) electrons. The van der Waals surface area contributed by atoms with E-state index in [4.69, 9.17) is 4.74 Å². The second-order valence-electron chi connectivity index (χ2n) is 5.42. The number of esters is 1. The van der Waals surface area contributed by atoms with Gasteiger partial charge in [0.15, 0.2) is 10.9 Å². The predicted octanol–water partition coefficient (Wildman–Crippen LogP) is 3.53. The third kappa shape index (κ3) is 5.75. The predicted molar refractivity (Wildman–Crippen MR) is 98.4 cm³/mol. The van der Waals surface area contributed by atoms with E-state index in [0.717, 1.165) is 9.75 Å². The maximum absolute atomic E-state index is 12.2. The zero-order valence-electron chi connectivity index (χ0n) is 14.4. The van der Waals surface area contributed by atoms with Gasteiger partial charge in [0.25, 0.3) is 0 Å². The highest BCUT2D eigenvalue weighted by molar-refractivity contribution is 7.14. The van der Waals surface area contributed by atoms with E-state index in [2.05, 4.69) is 10.3 Å². The maximum Gasteiger partial charge on any atom is 0.311 e. The van der Waals surface area contributed by atoms with Gasteiger partial charge < -0.3 is 10.1 Å². The molecule has 2 aromatic heterocycles. The molecule has 0 aliphatic heterocycles. The van der Waals surface area contributed by atoms with E-state index in [9.17, 15) is 14.4 Å². The number of aryl methyl sites for hydroxylation is 2. The molecule has 0 aliphatic carbocycles. The quantitative estimate of drug-likeness (QED) is 0.559. The summed E-state index contributed by atoms with van der Waals surface area (Å²) in [6.07, 6.45) is 0.333. The molecule has 0 fully saturated rings. The van der Waals surface area contributed by atoms with Crippen molar-refractivity contribution in [1.82, 2.24) is 4.98 Å². The zero-order valence-corrected chi connectivity index (χ0v) is 16.0. The smallest absolute Gasteiger partial charge is 0.311 e. The number of thiophene rings is 1. The van der Waals surface area contributed by atoms with E-state index < -0.39 is 0 Å². The monoisotopic (exact) mass is 380 g/mol. The average molecular weight is 380 g/mol. The molecule has 1 amide bonds. The van der Waals surface area contributed by atoms with Crippen molar-refractivity contribution >= 4 is 45.5 Å². The Morgan fingerprint density at radius 3 is 2.64 bits per heavy atom. The van der Waals surface area contributed by atoms with Gasteiger partial charge >= 0.3 is 5.97 Å². The van der Waals surface area contributed by atoms with Crippen molar-refractivity contribution in [2.45, 2.75) is 40.0 Å². The molecule has 0 aromatic carbocycles. The van der Waals surface area contributed by atoms with Crippen molar-refractivity contribution in [3.8, 4) is 0 Å². The fourth-order valence-electron chi connectivity index (χ4n) is 2.26. The molecule has 0 saturated heterocycles.